The number of fused-ring (bicyclic) bond motifs is 2. The minimum atomic E-state index is -0.471. The lowest BCUT2D eigenvalue weighted by Gasteiger charge is -2.42. The molecule has 0 aliphatic carbocycles. The summed E-state index contributed by atoms with van der Waals surface area (Å²) in [6.07, 6.45) is 1.08. The van der Waals surface area contributed by atoms with Crippen molar-refractivity contribution < 1.29 is 0 Å². The Morgan fingerprint density at radius 2 is 0.786 bits per heavy atom. The molecule has 1 aliphatic heterocycles. The molecule has 268 valence electrons. The molecule has 1 heterocycles. The monoisotopic (exact) mass is 736 g/mol. The summed E-state index contributed by atoms with van der Waals surface area (Å²) in [5.41, 5.74) is 14.5. The van der Waals surface area contributed by atoms with Gasteiger partial charge in [0.15, 0.2) is 0 Å². The molecule has 2 nitrogen and oxygen atoms in total. The van der Waals surface area contributed by atoms with Crippen molar-refractivity contribution in [2.75, 3.05) is 0 Å². The molecule has 0 spiro atoms. The summed E-state index contributed by atoms with van der Waals surface area (Å²) in [7, 11) is 0. The van der Waals surface area contributed by atoms with Crippen LogP contribution >= 0.6 is 11.8 Å². The Morgan fingerprint density at radius 3 is 1.36 bits per heavy atom. The Balaban J connectivity index is 1.03. The number of benzene rings is 8. The Labute approximate surface area is 333 Å². The molecule has 1 aliphatic rings. The van der Waals surface area contributed by atoms with Crippen molar-refractivity contribution in [3.8, 4) is 33.4 Å². The molecule has 8 aromatic rings. The molecular weight excluding hydrogens is 697 g/mol. The van der Waals surface area contributed by atoms with E-state index in [9.17, 15) is 0 Å². The van der Waals surface area contributed by atoms with E-state index in [0.717, 1.165) is 27.8 Å². The third-order valence-corrected chi connectivity index (χ3v) is 12.2. The second-order valence-corrected chi connectivity index (χ2v) is 15.4. The molecule has 0 amide bonds. The molecule has 0 saturated carbocycles. The third-order valence-electron chi connectivity index (χ3n) is 11.0. The molecule has 56 heavy (non-hydrogen) atoms. The zero-order valence-electron chi connectivity index (χ0n) is 31.0. The van der Waals surface area contributed by atoms with Gasteiger partial charge >= 0.3 is 0 Å². The van der Waals surface area contributed by atoms with Gasteiger partial charge in [0.25, 0.3) is 0 Å². The average Bonchev–Trinajstić information content (AvgIpc) is 3.28. The van der Waals surface area contributed by atoms with E-state index in [1.165, 1.54) is 48.7 Å². The Hall–Kier alpha value is -6.55. The molecule has 2 N–H and O–H groups in total. The van der Waals surface area contributed by atoms with Crippen molar-refractivity contribution >= 4 is 23.2 Å². The van der Waals surface area contributed by atoms with Gasteiger partial charge in [-0.25, -0.2) is 0 Å². The van der Waals surface area contributed by atoms with Crippen LogP contribution in [0.25, 0.3) is 33.4 Å². The number of hydrogen-bond acceptors (Lipinski definition) is 3. The maximum absolute atomic E-state index is 8.69. The van der Waals surface area contributed by atoms with Crippen LogP contribution < -0.4 is 0 Å². The van der Waals surface area contributed by atoms with E-state index in [4.69, 9.17) is 10.8 Å². The van der Waals surface area contributed by atoms with E-state index in [1.54, 1.807) is 0 Å². The maximum atomic E-state index is 8.69. The lowest BCUT2D eigenvalue weighted by molar-refractivity contribution is 0.703. The lowest BCUT2D eigenvalue weighted by atomic mass is 9.64. The molecule has 0 unspecified atom stereocenters. The van der Waals surface area contributed by atoms with Crippen LogP contribution in [0.4, 0.5) is 0 Å². The summed E-state index contributed by atoms with van der Waals surface area (Å²) < 4.78 is 0. The first-order chi connectivity index (χ1) is 27.6. The van der Waals surface area contributed by atoms with Gasteiger partial charge in [-0.3, -0.25) is 0 Å². The predicted octanol–water partition coefficient (Wildman–Crippen LogP) is 13.8. The summed E-state index contributed by atoms with van der Waals surface area (Å²) in [5.74, 6) is 0. The minimum absolute atomic E-state index is 0.471. The Kier molecular flexibility index (Phi) is 9.61. The highest BCUT2D eigenvalue weighted by molar-refractivity contribution is 7.99. The predicted molar refractivity (Wildman–Crippen MR) is 235 cm³/mol. The van der Waals surface area contributed by atoms with Crippen LogP contribution in [0.5, 0.6) is 0 Å². The molecule has 0 aromatic heterocycles. The molecule has 3 heteroatoms. The summed E-state index contributed by atoms with van der Waals surface area (Å²) >= 11 is 1.86. The quantitative estimate of drug-likeness (QED) is 0.135. The van der Waals surface area contributed by atoms with Crippen LogP contribution in [0.15, 0.2) is 216 Å². The van der Waals surface area contributed by atoms with Crippen LogP contribution in [0.3, 0.4) is 0 Å². The molecule has 0 radical (unpaired) electrons. The van der Waals surface area contributed by atoms with Gasteiger partial charge in [-0.1, -0.05) is 188 Å². The molecule has 0 atom stereocenters. The topological polar surface area (TPSA) is 47.7 Å². The fourth-order valence-electron chi connectivity index (χ4n) is 8.18. The van der Waals surface area contributed by atoms with E-state index >= 15 is 0 Å². The molecule has 0 bridgehead atoms. The second kappa shape index (κ2) is 15.3. The van der Waals surface area contributed by atoms with Crippen molar-refractivity contribution in [3.05, 3.63) is 240 Å². The number of nitrogens with one attached hydrogen (secondary N) is 2. The fraction of sp³-hybridized carbons (Fsp3) is 0.0566. The summed E-state index contributed by atoms with van der Waals surface area (Å²) in [6, 6.07) is 73.6. The van der Waals surface area contributed by atoms with Crippen LogP contribution in [-0.2, 0) is 5.41 Å². The van der Waals surface area contributed by atoms with Gasteiger partial charge < -0.3 is 10.8 Å². The molecule has 9 rings (SSSR count). The first-order valence-electron chi connectivity index (χ1n) is 19.1. The zero-order chi connectivity index (χ0) is 37.9. The molecule has 0 fully saturated rings. The molecule has 8 aromatic carbocycles. The van der Waals surface area contributed by atoms with E-state index in [1.807, 2.05) is 54.2 Å². The largest absolute Gasteiger partial charge is 0.305 e. The van der Waals surface area contributed by atoms with Crippen LogP contribution in [-0.4, -0.2) is 11.4 Å². The normalized spacial score (nSPS) is 12.6. The van der Waals surface area contributed by atoms with Crippen LogP contribution in [0, 0.1) is 10.8 Å². The Morgan fingerprint density at radius 1 is 0.357 bits per heavy atom. The average molecular weight is 737 g/mol. The van der Waals surface area contributed by atoms with Crippen LogP contribution in [0.1, 0.15) is 46.2 Å². The van der Waals surface area contributed by atoms with E-state index in [0.29, 0.717) is 24.3 Å². The smallest absolute Gasteiger partial charge is 0.0723 e. The standard InChI is InChI=1S/C53H40N2S/c54-49(38-14-4-1-5-15-38)31-32-50(55)39-28-26-37(27-29-39)40-16-12-17-41(34-40)42-18-13-19-43(35-42)44-30-33-52-48(36-44)53(45-20-6-2-7-21-45,46-22-8-3-9-23-46)47-24-10-11-25-51(47)56-52/h1-30,33-36,54-55H,31-32H2. The van der Waals surface area contributed by atoms with Crippen molar-refractivity contribution in [1.82, 2.24) is 0 Å². The van der Waals surface area contributed by atoms with Gasteiger partial charge in [-0.05, 0) is 110 Å². The zero-order valence-corrected chi connectivity index (χ0v) is 31.8. The first-order valence-corrected chi connectivity index (χ1v) is 19.9. The summed E-state index contributed by atoms with van der Waals surface area (Å²) in [5, 5.41) is 17.1. The summed E-state index contributed by atoms with van der Waals surface area (Å²) in [6.45, 7) is 0. The van der Waals surface area contributed by atoms with Gasteiger partial charge in [-0.2, -0.15) is 0 Å². The van der Waals surface area contributed by atoms with Gasteiger partial charge in [0.05, 0.1) is 5.41 Å². The third kappa shape index (κ3) is 6.61. The highest BCUT2D eigenvalue weighted by Crippen LogP contribution is 2.56. The van der Waals surface area contributed by atoms with E-state index < -0.39 is 5.41 Å². The highest BCUT2D eigenvalue weighted by atomic mass is 32.2. The van der Waals surface area contributed by atoms with Crippen molar-refractivity contribution in [3.63, 3.8) is 0 Å². The van der Waals surface area contributed by atoms with Crippen LogP contribution in [0.2, 0.25) is 0 Å². The first kappa shape index (κ1) is 35.2. The Bertz CT molecular complexity index is 2640. The highest BCUT2D eigenvalue weighted by Gasteiger charge is 2.44. The van der Waals surface area contributed by atoms with E-state index in [2.05, 4.69) is 164 Å². The van der Waals surface area contributed by atoms with Gasteiger partial charge in [-0.15, -0.1) is 0 Å². The van der Waals surface area contributed by atoms with Gasteiger partial charge in [0, 0.05) is 21.2 Å². The minimum Gasteiger partial charge on any atom is -0.305 e. The van der Waals surface area contributed by atoms with Crippen molar-refractivity contribution in [1.29, 1.82) is 10.8 Å². The van der Waals surface area contributed by atoms with E-state index in [-0.39, 0.29) is 0 Å². The van der Waals surface area contributed by atoms with Crippen molar-refractivity contribution in [2.24, 2.45) is 0 Å². The lowest BCUT2D eigenvalue weighted by Crippen LogP contribution is -2.34. The van der Waals surface area contributed by atoms with Crippen molar-refractivity contribution in [2.45, 2.75) is 28.0 Å². The SMILES string of the molecule is N=C(CCC(=N)c1ccc(-c2cccc(-c3cccc(-c4ccc5c(c4)C(c4ccccc4)(c4ccccc4)c4ccccc4S5)c3)c2)cc1)c1ccccc1. The summed E-state index contributed by atoms with van der Waals surface area (Å²) in [4.78, 5) is 2.56. The molecular formula is C53H40N2S. The molecule has 0 saturated heterocycles. The number of hydrogen-bond donors (Lipinski definition) is 2. The van der Waals surface area contributed by atoms with Gasteiger partial charge in [0.2, 0.25) is 0 Å². The second-order valence-electron chi connectivity index (χ2n) is 14.4. The number of rotatable bonds is 10. The fourth-order valence-corrected chi connectivity index (χ4v) is 9.36. The van der Waals surface area contributed by atoms with Gasteiger partial charge in [0.1, 0.15) is 0 Å². The maximum Gasteiger partial charge on any atom is 0.0723 e.